The number of allylic oxidation sites excluding steroid dienone is 2. The topological polar surface area (TPSA) is 71.1 Å². The van der Waals surface area contributed by atoms with Crippen LogP contribution in [0.25, 0.3) is 0 Å². The van der Waals surface area contributed by atoms with Crippen molar-refractivity contribution in [1.29, 1.82) is 0 Å². The normalized spacial score (nSPS) is 25.0. The zero-order valence-electron chi connectivity index (χ0n) is 31.2. The number of hydrogen-bond donors (Lipinski definition) is 0. The molecular weight excluding hydrogens is 597 g/mol. The van der Waals surface area contributed by atoms with E-state index in [1.807, 2.05) is 0 Å². The van der Waals surface area contributed by atoms with E-state index in [1.54, 1.807) is 0 Å². The van der Waals surface area contributed by atoms with Gasteiger partial charge in [-0.05, 0) is 86.6 Å². The van der Waals surface area contributed by atoms with Crippen molar-refractivity contribution in [2.24, 2.45) is 17.3 Å². The monoisotopic (exact) mass is 664 g/mol. The molecule has 260 valence electrons. The van der Waals surface area contributed by atoms with Gasteiger partial charge in [0.05, 0.1) is 19.3 Å². The first-order valence-corrected chi connectivity index (χ1v) is 23.4. The Labute approximate surface area is 278 Å². The highest BCUT2D eigenvalue weighted by Gasteiger charge is 2.50. The number of methoxy groups -OCH3 is 1. The maximum Gasteiger partial charge on any atom is 0.305 e. The average Bonchev–Trinajstić information content (AvgIpc) is 3.17. The van der Waals surface area contributed by atoms with E-state index in [0.717, 1.165) is 32.1 Å². The summed E-state index contributed by atoms with van der Waals surface area (Å²) >= 11 is 0. The molecule has 1 unspecified atom stereocenters. The van der Waals surface area contributed by atoms with Crippen LogP contribution in [0.15, 0.2) is 24.3 Å². The fourth-order valence-corrected chi connectivity index (χ4v) is 9.15. The van der Waals surface area contributed by atoms with Crippen molar-refractivity contribution in [3.05, 3.63) is 24.3 Å². The van der Waals surface area contributed by atoms with Crippen LogP contribution in [0.5, 0.6) is 0 Å². The van der Waals surface area contributed by atoms with Crippen LogP contribution < -0.4 is 0 Å². The molecule has 2 aliphatic rings. The molecule has 0 N–H and O–H groups in total. The number of carbonyl (C=O) groups excluding carboxylic acids is 2. The number of carbonyl (C=O) groups is 2. The molecule has 0 aromatic heterocycles. The summed E-state index contributed by atoms with van der Waals surface area (Å²) < 4.78 is 25.1. The van der Waals surface area contributed by atoms with Gasteiger partial charge in [-0.3, -0.25) is 9.59 Å². The van der Waals surface area contributed by atoms with Crippen LogP contribution >= 0.6 is 0 Å². The highest BCUT2D eigenvalue weighted by molar-refractivity contribution is 6.74. The number of unbranched alkanes of at least 4 members (excludes halogenated alkanes) is 1. The molecule has 0 amide bonds. The average molecular weight is 665 g/mol. The molecule has 0 aliphatic heterocycles. The van der Waals surface area contributed by atoms with Crippen LogP contribution in [0.1, 0.15) is 120 Å². The summed E-state index contributed by atoms with van der Waals surface area (Å²) in [5.41, 5.74) is 0.263. The van der Waals surface area contributed by atoms with Gasteiger partial charge in [0.1, 0.15) is 6.10 Å². The standard InChI is InChI=1S/C37H68O6Si2/c1-14-37(25-20-26-37)33(43-45(12,13)36(6,7)8)23-19-22-30-29(21-17-15-16-18-24-34(39)40-9)31(41-28(2)38)27-32(30)42-44(10,11)35(3,4)5/h15,17,19,22,29-33H,14,16,18,20-21,23-27H2,1-13H3/t29-,30-,31+,32-,33?/m1/s1. The smallest absolute Gasteiger partial charge is 0.305 e. The molecule has 8 heteroatoms. The quantitative estimate of drug-likeness (QED) is 0.0708. The van der Waals surface area contributed by atoms with Gasteiger partial charge < -0.3 is 18.3 Å². The van der Waals surface area contributed by atoms with Crippen molar-refractivity contribution in [1.82, 2.24) is 0 Å². The molecule has 0 aromatic rings. The lowest BCUT2D eigenvalue weighted by Crippen LogP contribution is -2.51. The molecule has 45 heavy (non-hydrogen) atoms. The third-order valence-electron chi connectivity index (χ3n) is 11.7. The molecule has 6 nitrogen and oxygen atoms in total. The lowest BCUT2D eigenvalue weighted by atomic mass is 9.63. The minimum Gasteiger partial charge on any atom is -0.469 e. The molecule has 0 aromatic carbocycles. The van der Waals surface area contributed by atoms with E-state index in [9.17, 15) is 9.59 Å². The molecule has 2 rings (SSSR count). The summed E-state index contributed by atoms with van der Waals surface area (Å²) in [7, 11) is -2.60. The highest BCUT2D eigenvalue weighted by Crippen LogP contribution is 2.52. The third kappa shape index (κ3) is 10.9. The second kappa shape index (κ2) is 16.3. The second-order valence-electron chi connectivity index (χ2n) is 16.8. The molecule has 2 fully saturated rings. The number of esters is 2. The summed E-state index contributed by atoms with van der Waals surface area (Å²) in [4.78, 5) is 23.8. The molecule has 0 radical (unpaired) electrons. The van der Waals surface area contributed by atoms with Gasteiger partial charge in [-0.2, -0.15) is 0 Å². The molecular formula is C37H68O6Si2. The zero-order chi connectivity index (χ0) is 34.3. The first-order chi connectivity index (χ1) is 20.7. The van der Waals surface area contributed by atoms with E-state index in [2.05, 4.69) is 99.0 Å². The lowest BCUT2D eigenvalue weighted by molar-refractivity contribution is -0.148. The summed E-state index contributed by atoms with van der Waals surface area (Å²) in [6, 6.07) is 0. The van der Waals surface area contributed by atoms with Crippen LogP contribution in [0.4, 0.5) is 0 Å². The lowest BCUT2D eigenvalue weighted by Gasteiger charge is -2.51. The van der Waals surface area contributed by atoms with Crippen molar-refractivity contribution < 1.29 is 27.9 Å². The summed E-state index contributed by atoms with van der Waals surface area (Å²) in [5.74, 6) is -0.149. The number of hydrogen-bond acceptors (Lipinski definition) is 6. The molecule has 0 spiro atoms. The molecule has 2 aliphatic carbocycles. The third-order valence-corrected chi connectivity index (χ3v) is 20.7. The highest BCUT2D eigenvalue weighted by atomic mass is 28.4. The largest absolute Gasteiger partial charge is 0.469 e. The Morgan fingerprint density at radius 3 is 2.04 bits per heavy atom. The Bertz CT molecular complexity index is 1010. The Morgan fingerprint density at radius 1 is 0.933 bits per heavy atom. The van der Waals surface area contributed by atoms with Crippen LogP contribution in [0.2, 0.25) is 36.3 Å². The van der Waals surface area contributed by atoms with Gasteiger partial charge in [-0.1, -0.05) is 79.2 Å². The summed E-state index contributed by atoms with van der Waals surface area (Å²) in [6.45, 7) is 27.1. The summed E-state index contributed by atoms with van der Waals surface area (Å²) in [5, 5.41) is 0.238. The van der Waals surface area contributed by atoms with Crippen molar-refractivity contribution in [3.63, 3.8) is 0 Å². The van der Waals surface area contributed by atoms with Gasteiger partial charge >= 0.3 is 11.9 Å². The molecule has 5 atom stereocenters. The van der Waals surface area contributed by atoms with E-state index >= 15 is 0 Å². The Kier molecular flexibility index (Phi) is 14.4. The maximum absolute atomic E-state index is 12.3. The van der Waals surface area contributed by atoms with E-state index < -0.39 is 16.6 Å². The number of rotatable bonds is 16. The van der Waals surface area contributed by atoms with Crippen molar-refractivity contribution in [2.75, 3.05) is 7.11 Å². The minimum absolute atomic E-state index is 0.00665. The Morgan fingerprint density at radius 2 is 1.56 bits per heavy atom. The molecule has 0 bridgehead atoms. The van der Waals surface area contributed by atoms with E-state index in [0.29, 0.717) is 12.8 Å². The van der Waals surface area contributed by atoms with Crippen LogP contribution in [0.3, 0.4) is 0 Å². The molecule has 2 saturated carbocycles. The predicted octanol–water partition coefficient (Wildman–Crippen LogP) is 10.2. The van der Waals surface area contributed by atoms with Crippen LogP contribution in [0, 0.1) is 17.3 Å². The van der Waals surface area contributed by atoms with Gasteiger partial charge in [0, 0.05) is 31.6 Å². The van der Waals surface area contributed by atoms with Gasteiger partial charge in [0.2, 0.25) is 0 Å². The fraction of sp³-hybridized carbons (Fsp3) is 0.838. The van der Waals surface area contributed by atoms with Gasteiger partial charge in [0.25, 0.3) is 0 Å². The number of ether oxygens (including phenoxy) is 2. The Balaban J connectivity index is 2.39. The van der Waals surface area contributed by atoms with E-state index in [1.165, 1.54) is 33.3 Å². The Hall–Kier alpha value is -1.23. The van der Waals surface area contributed by atoms with Crippen molar-refractivity contribution >= 4 is 28.6 Å². The molecule has 0 heterocycles. The van der Waals surface area contributed by atoms with Crippen molar-refractivity contribution in [2.45, 2.75) is 174 Å². The second-order valence-corrected chi connectivity index (χ2v) is 26.3. The maximum atomic E-state index is 12.3. The first-order valence-electron chi connectivity index (χ1n) is 17.6. The SMILES string of the molecule is CCC1(C(CC=C[C@@H]2[C@@H](CC=CCCCC(=O)OC)[C@@H](OC(C)=O)C[C@H]2O[Si](C)(C)C(C)(C)C)O[Si](C)(C)C(C)(C)C)CCC1. The zero-order valence-corrected chi connectivity index (χ0v) is 33.2. The molecule has 0 saturated heterocycles. The van der Waals surface area contributed by atoms with Gasteiger partial charge in [0.15, 0.2) is 16.6 Å². The van der Waals surface area contributed by atoms with Crippen LogP contribution in [-0.2, 0) is 27.9 Å². The minimum atomic E-state index is -2.08. The first kappa shape index (κ1) is 40.0. The van der Waals surface area contributed by atoms with Gasteiger partial charge in [-0.15, -0.1) is 0 Å². The predicted molar refractivity (Wildman–Crippen MR) is 191 cm³/mol. The van der Waals surface area contributed by atoms with E-state index in [4.69, 9.17) is 18.3 Å². The fourth-order valence-electron chi connectivity index (χ4n) is 6.38. The van der Waals surface area contributed by atoms with Crippen molar-refractivity contribution in [3.8, 4) is 0 Å². The van der Waals surface area contributed by atoms with Gasteiger partial charge in [-0.25, -0.2) is 0 Å². The van der Waals surface area contributed by atoms with E-state index in [-0.39, 0.29) is 57.6 Å². The van der Waals surface area contributed by atoms with Crippen LogP contribution in [-0.4, -0.2) is 54.0 Å². The summed E-state index contributed by atoms with van der Waals surface area (Å²) in [6.07, 6.45) is 18.5.